The first-order valence-corrected chi connectivity index (χ1v) is 10.1. The smallest absolute Gasteiger partial charge is 0.329 e. The molecule has 1 aromatic carbocycles. The van der Waals surface area contributed by atoms with Gasteiger partial charge in [0.2, 0.25) is 5.91 Å². The summed E-state index contributed by atoms with van der Waals surface area (Å²) in [5.41, 5.74) is 3.28. The lowest BCUT2D eigenvalue weighted by Gasteiger charge is -2.15. The van der Waals surface area contributed by atoms with E-state index in [0.717, 1.165) is 45.9 Å². The second-order valence-electron chi connectivity index (χ2n) is 8.07. The largest absolute Gasteiger partial charge is 0.349 e. The number of likely N-dealkylation sites (N-methyl/N-ethyl adjacent to an activating group) is 1. The van der Waals surface area contributed by atoms with E-state index < -0.39 is 0 Å². The fourth-order valence-corrected chi connectivity index (χ4v) is 4.02. The number of pyridine rings is 2. The molecule has 0 radical (unpaired) electrons. The van der Waals surface area contributed by atoms with E-state index in [0.29, 0.717) is 6.54 Å². The maximum atomic E-state index is 13.3. The highest BCUT2D eigenvalue weighted by Gasteiger charge is 2.29. The first kappa shape index (κ1) is 18.5. The number of fused-ring (bicyclic) bond motifs is 2. The standard InChI is InChI=1S/C23H23N5O2/c1-26(2)22(29)11-18-17-6-4-3-5-15(17)12-25-19(18)14-27-21-13-24-10-9-20(21)28(23(27)30)16-7-8-16/h3-6,9-10,12-13,16H,7-8,11,14H2,1-2H3. The lowest BCUT2D eigenvalue weighted by atomic mass is 10.0. The Kier molecular flexibility index (Phi) is 4.38. The van der Waals surface area contributed by atoms with Crippen molar-refractivity contribution in [2.24, 2.45) is 0 Å². The van der Waals surface area contributed by atoms with Crippen LogP contribution in [0.3, 0.4) is 0 Å². The highest BCUT2D eigenvalue weighted by atomic mass is 16.2. The molecule has 3 heterocycles. The Morgan fingerprint density at radius 2 is 1.93 bits per heavy atom. The van der Waals surface area contributed by atoms with Crippen LogP contribution in [0.5, 0.6) is 0 Å². The molecule has 3 aromatic heterocycles. The zero-order chi connectivity index (χ0) is 20.8. The number of carbonyl (C=O) groups is 1. The molecule has 1 fully saturated rings. The minimum Gasteiger partial charge on any atom is -0.349 e. The molecule has 0 spiro atoms. The van der Waals surface area contributed by atoms with Crippen LogP contribution in [-0.2, 0) is 17.8 Å². The Labute approximate surface area is 173 Å². The SMILES string of the molecule is CN(C)C(=O)Cc1c(Cn2c(=O)n(C3CC3)c3ccncc32)ncc2ccccc12. The van der Waals surface area contributed by atoms with Crippen molar-refractivity contribution in [1.29, 1.82) is 0 Å². The molecule has 1 saturated carbocycles. The van der Waals surface area contributed by atoms with Crippen LogP contribution in [0.2, 0.25) is 0 Å². The molecule has 152 valence electrons. The van der Waals surface area contributed by atoms with Gasteiger partial charge < -0.3 is 4.90 Å². The Hall–Kier alpha value is -3.48. The molecule has 0 aliphatic heterocycles. The van der Waals surface area contributed by atoms with E-state index in [1.54, 1.807) is 36.0 Å². The number of imidazole rings is 1. The van der Waals surface area contributed by atoms with Crippen LogP contribution in [0.15, 0.2) is 53.7 Å². The molecular formula is C23H23N5O2. The van der Waals surface area contributed by atoms with Gasteiger partial charge in [-0.05, 0) is 29.9 Å². The van der Waals surface area contributed by atoms with E-state index in [4.69, 9.17) is 0 Å². The molecule has 0 saturated heterocycles. The summed E-state index contributed by atoms with van der Waals surface area (Å²) >= 11 is 0. The molecule has 1 amide bonds. The highest BCUT2D eigenvalue weighted by Crippen LogP contribution is 2.36. The molecule has 0 unspecified atom stereocenters. The van der Waals surface area contributed by atoms with Crippen molar-refractivity contribution in [3.63, 3.8) is 0 Å². The number of nitrogens with zero attached hydrogens (tertiary/aromatic N) is 5. The van der Waals surface area contributed by atoms with Gasteiger partial charge in [0.25, 0.3) is 0 Å². The third-order valence-electron chi connectivity index (χ3n) is 5.81. The molecule has 0 bridgehead atoms. The summed E-state index contributed by atoms with van der Waals surface area (Å²) in [4.78, 5) is 36.3. The predicted octanol–water partition coefficient (Wildman–Crippen LogP) is 2.76. The van der Waals surface area contributed by atoms with E-state index in [1.807, 2.05) is 41.1 Å². The summed E-state index contributed by atoms with van der Waals surface area (Å²) in [5, 5.41) is 1.98. The van der Waals surface area contributed by atoms with Crippen molar-refractivity contribution in [2.75, 3.05) is 14.1 Å². The van der Waals surface area contributed by atoms with E-state index in [-0.39, 0.29) is 24.1 Å². The fourth-order valence-electron chi connectivity index (χ4n) is 4.02. The molecule has 1 aliphatic rings. The first-order valence-electron chi connectivity index (χ1n) is 10.1. The first-order chi connectivity index (χ1) is 14.5. The zero-order valence-electron chi connectivity index (χ0n) is 17.1. The van der Waals surface area contributed by atoms with Crippen molar-refractivity contribution in [2.45, 2.75) is 31.8 Å². The minimum absolute atomic E-state index is 0.00354. The van der Waals surface area contributed by atoms with Crippen molar-refractivity contribution in [3.05, 3.63) is 70.7 Å². The summed E-state index contributed by atoms with van der Waals surface area (Å²) < 4.78 is 3.62. The molecule has 30 heavy (non-hydrogen) atoms. The maximum absolute atomic E-state index is 13.3. The average molecular weight is 401 g/mol. The predicted molar refractivity (Wildman–Crippen MR) is 116 cm³/mol. The summed E-state index contributed by atoms with van der Waals surface area (Å²) in [6.45, 7) is 0.307. The van der Waals surface area contributed by atoms with Crippen molar-refractivity contribution >= 4 is 27.7 Å². The van der Waals surface area contributed by atoms with Gasteiger partial charge >= 0.3 is 5.69 Å². The van der Waals surface area contributed by atoms with Gasteiger partial charge in [0.15, 0.2) is 0 Å². The van der Waals surface area contributed by atoms with Gasteiger partial charge in [-0.2, -0.15) is 0 Å². The Morgan fingerprint density at radius 1 is 1.13 bits per heavy atom. The van der Waals surface area contributed by atoms with E-state index in [2.05, 4.69) is 9.97 Å². The molecule has 7 heteroatoms. The van der Waals surface area contributed by atoms with Crippen LogP contribution in [0.4, 0.5) is 0 Å². The van der Waals surface area contributed by atoms with Crippen LogP contribution >= 0.6 is 0 Å². The topological polar surface area (TPSA) is 73.0 Å². The molecule has 5 rings (SSSR count). The highest BCUT2D eigenvalue weighted by molar-refractivity contribution is 5.90. The van der Waals surface area contributed by atoms with Gasteiger partial charge in [0, 0.05) is 37.9 Å². The quantitative estimate of drug-likeness (QED) is 0.515. The van der Waals surface area contributed by atoms with Crippen molar-refractivity contribution in [3.8, 4) is 0 Å². The molecule has 7 nitrogen and oxygen atoms in total. The van der Waals surface area contributed by atoms with Crippen LogP contribution in [0, 0.1) is 0 Å². The van der Waals surface area contributed by atoms with Crippen molar-refractivity contribution in [1.82, 2.24) is 24.0 Å². The Bertz CT molecular complexity index is 1330. The number of rotatable bonds is 5. The Balaban J connectivity index is 1.67. The van der Waals surface area contributed by atoms with Crippen molar-refractivity contribution < 1.29 is 4.79 Å². The third kappa shape index (κ3) is 3.07. The molecule has 1 aliphatic carbocycles. The molecule has 0 atom stereocenters. The number of hydrogen-bond acceptors (Lipinski definition) is 4. The average Bonchev–Trinajstić information content (AvgIpc) is 3.54. The number of hydrogen-bond donors (Lipinski definition) is 0. The van der Waals surface area contributed by atoms with Crippen LogP contribution in [0.1, 0.15) is 30.1 Å². The summed E-state index contributed by atoms with van der Waals surface area (Å²) in [6, 6.07) is 10.1. The van der Waals surface area contributed by atoms with Gasteiger partial charge in [-0.3, -0.25) is 23.9 Å². The lowest BCUT2D eigenvalue weighted by Crippen LogP contribution is -2.27. The van der Waals surface area contributed by atoms with Gasteiger partial charge in [0.05, 0.1) is 35.9 Å². The normalized spacial score (nSPS) is 13.8. The van der Waals surface area contributed by atoms with Gasteiger partial charge in [0.1, 0.15) is 0 Å². The molecule has 4 aromatic rings. The number of benzene rings is 1. The summed E-state index contributed by atoms with van der Waals surface area (Å²) in [7, 11) is 3.50. The maximum Gasteiger partial charge on any atom is 0.329 e. The summed E-state index contributed by atoms with van der Waals surface area (Å²) in [6.07, 6.45) is 7.57. The molecular weight excluding hydrogens is 378 g/mol. The molecule has 0 N–H and O–H groups in total. The Morgan fingerprint density at radius 3 is 2.70 bits per heavy atom. The van der Waals surface area contributed by atoms with Gasteiger partial charge in [-0.25, -0.2) is 4.79 Å². The van der Waals surface area contributed by atoms with Crippen LogP contribution in [-0.4, -0.2) is 44.0 Å². The lowest BCUT2D eigenvalue weighted by molar-refractivity contribution is -0.127. The van der Waals surface area contributed by atoms with Gasteiger partial charge in [-0.1, -0.05) is 24.3 Å². The second-order valence-corrected chi connectivity index (χ2v) is 8.07. The third-order valence-corrected chi connectivity index (χ3v) is 5.81. The van der Waals surface area contributed by atoms with E-state index in [1.165, 1.54) is 0 Å². The minimum atomic E-state index is -0.0413. The van der Waals surface area contributed by atoms with Crippen LogP contribution < -0.4 is 5.69 Å². The van der Waals surface area contributed by atoms with Gasteiger partial charge in [-0.15, -0.1) is 0 Å². The van der Waals surface area contributed by atoms with E-state index >= 15 is 0 Å². The van der Waals surface area contributed by atoms with E-state index in [9.17, 15) is 9.59 Å². The summed E-state index contributed by atoms with van der Waals surface area (Å²) in [5.74, 6) is 0.00354. The second kappa shape index (κ2) is 7.09. The number of amides is 1. The number of aromatic nitrogens is 4. The zero-order valence-corrected chi connectivity index (χ0v) is 17.1. The van der Waals surface area contributed by atoms with Crippen LogP contribution in [0.25, 0.3) is 21.8 Å². The number of carbonyl (C=O) groups excluding carboxylic acids is 1. The monoisotopic (exact) mass is 401 g/mol. The fraction of sp³-hybridized carbons (Fsp3) is 0.304.